The third-order valence-electron chi connectivity index (χ3n) is 8.90. The van der Waals surface area contributed by atoms with Gasteiger partial charge in [-0.1, -0.05) is 0 Å². The summed E-state index contributed by atoms with van der Waals surface area (Å²) in [5.41, 5.74) is 0. The first-order chi connectivity index (χ1) is 38.4. The van der Waals surface area contributed by atoms with Crippen molar-refractivity contribution in [2.45, 2.75) is 83.1 Å². The van der Waals surface area contributed by atoms with Crippen LogP contribution in [-0.2, 0) is 57.5 Å². The average molecular weight is 1140 g/mol. The van der Waals surface area contributed by atoms with Crippen LogP contribution < -0.4 is 75.8 Å². The van der Waals surface area contributed by atoms with Crippen molar-refractivity contribution in [1.82, 2.24) is 0 Å². The van der Waals surface area contributed by atoms with E-state index in [0.717, 1.165) is 144 Å². The molecular weight excluding hydrogens is 1100 g/mol. The summed E-state index contributed by atoms with van der Waals surface area (Å²) in [5, 5.41) is 0. The maximum absolute atomic E-state index is 13.0. The lowest BCUT2D eigenvalue weighted by atomic mass is 10.2. The van der Waals surface area contributed by atoms with Crippen LogP contribution in [0.15, 0.2) is 60.7 Å². The van der Waals surface area contributed by atoms with Crippen molar-refractivity contribution >= 4 is 71.6 Å². The van der Waals surface area contributed by atoms with Crippen LogP contribution in [0.1, 0.15) is 83.1 Å². The monoisotopic (exact) mass is 1140 g/mol. The molecule has 82 heavy (non-hydrogen) atoms. The minimum absolute atomic E-state index is 0.273. The Balaban J connectivity index is 1.80. The van der Waals surface area contributed by atoms with Crippen LogP contribution >= 0.6 is 0 Å². The van der Waals surface area contributed by atoms with E-state index in [1.165, 1.54) is 0 Å². The molecule has 0 aliphatic heterocycles. The van der Waals surface area contributed by atoms with Crippen molar-refractivity contribution in [3.8, 4) is 115 Å². The van der Waals surface area contributed by atoms with Gasteiger partial charge in [0, 0.05) is 144 Å². The van der Waals surface area contributed by atoms with Gasteiger partial charge in [0.05, 0.1) is 0 Å². The maximum Gasteiger partial charge on any atom is 0.308 e. The summed E-state index contributed by atoms with van der Waals surface area (Å²) in [7, 11) is 0. The van der Waals surface area contributed by atoms with Crippen LogP contribution in [-0.4, -0.2) is 71.6 Å². The third kappa shape index (κ3) is 18.0. The van der Waals surface area contributed by atoms with Crippen LogP contribution in [0.25, 0.3) is 0 Å². The van der Waals surface area contributed by atoms with Crippen LogP contribution in [0.4, 0.5) is 0 Å². The number of esters is 12. The maximum atomic E-state index is 13.0. The van der Waals surface area contributed by atoms with E-state index in [-0.39, 0.29) is 11.5 Å². The lowest BCUT2D eigenvalue weighted by Crippen LogP contribution is -2.11. The molecule has 5 aromatic rings. The summed E-state index contributed by atoms with van der Waals surface area (Å²) in [6, 6.07) is 9.82. The highest BCUT2D eigenvalue weighted by Crippen LogP contribution is 2.55. The van der Waals surface area contributed by atoms with E-state index < -0.39 is 175 Å². The average Bonchev–Trinajstić information content (AvgIpc) is 3.49. The molecule has 5 aromatic carbocycles. The summed E-state index contributed by atoms with van der Waals surface area (Å²) < 4.78 is 88.8. The van der Waals surface area contributed by atoms with E-state index in [9.17, 15) is 57.5 Å². The molecule has 0 heterocycles. The van der Waals surface area contributed by atoms with Gasteiger partial charge < -0.3 is 75.8 Å². The molecule has 0 aromatic heterocycles. The number of carbonyl (C=O) groups excluding carboxylic acids is 12. The molecule has 0 saturated heterocycles. The molecule has 0 fully saturated rings. The molecule has 0 N–H and O–H groups in total. The quantitative estimate of drug-likeness (QED) is 0.0526. The molecule has 430 valence electrons. The highest BCUT2D eigenvalue weighted by atomic mass is 16.6. The molecule has 0 radical (unpaired) electrons. The minimum Gasteiger partial charge on any atom is -0.449 e. The zero-order valence-corrected chi connectivity index (χ0v) is 45.2. The molecule has 28 nitrogen and oxygen atoms in total. The fourth-order valence-electron chi connectivity index (χ4n) is 6.65. The molecule has 0 spiro atoms. The zero-order valence-electron chi connectivity index (χ0n) is 45.2. The van der Waals surface area contributed by atoms with Crippen LogP contribution in [0.2, 0.25) is 0 Å². The molecule has 0 aliphatic rings. The van der Waals surface area contributed by atoms with Gasteiger partial charge in [0.1, 0.15) is 28.7 Å². The first-order valence-electron chi connectivity index (χ1n) is 23.3. The molecule has 0 amide bonds. The summed E-state index contributed by atoms with van der Waals surface area (Å²) in [4.78, 5) is 150. The van der Waals surface area contributed by atoms with Gasteiger partial charge >= 0.3 is 71.6 Å². The first-order valence-corrected chi connectivity index (χ1v) is 23.3. The molecule has 0 aliphatic carbocycles. The lowest BCUT2D eigenvalue weighted by molar-refractivity contribution is -0.133. The van der Waals surface area contributed by atoms with Gasteiger partial charge in [0.15, 0.2) is 57.5 Å². The summed E-state index contributed by atoms with van der Waals surface area (Å²) in [6.45, 7) is 11.8. The Labute approximate surface area is 462 Å². The first kappa shape index (κ1) is 61.8. The fraction of sp³-hybridized carbons (Fsp3) is 0.222. The van der Waals surface area contributed by atoms with Crippen LogP contribution in [0.5, 0.6) is 115 Å². The Kier molecular flexibility index (Phi) is 20.4. The molecule has 5 rings (SSSR count). The minimum atomic E-state index is -1.10. The molecule has 0 saturated carbocycles. The highest BCUT2D eigenvalue weighted by Gasteiger charge is 2.31. The largest absolute Gasteiger partial charge is 0.449 e. The number of rotatable bonds is 20. The van der Waals surface area contributed by atoms with Crippen molar-refractivity contribution in [2.24, 2.45) is 0 Å². The smallest absolute Gasteiger partial charge is 0.308 e. The van der Waals surface area contributed by atoms with E-state index in [2.05, 4.69) is 0 Å². The van der Waals surface area contributed by atoms with E-state index in [4.69, 9.17) is 75.8 Å². The highest BCUT2D eigenvalue weighted by molar-refractivity contribution is 5.82. The molecule has 28 heteroatoms. The number of hydrogen-bond acceptors (Lipinski definition) is 28. The van der Waals surface area contributed by atoms with Gasteiger partial charge in [0.2, 0.25) is 28.7 Å². The Morgan fingerprint density at radius 1 is 0.183 bits per heavy atom. The van der Waals surface area contributed by atoms with Gasteiger partial charge in [-0.2, -0.15) is 0 Å². The van der Waals surface area contributed by atoms with Gasteiger partial charge in [-0.3, -0.25) is 57.5 Å². The van der Waals surface area contributed by atoms with Crippen LogP contribution in [0.3, 0.4) is 0 Å². The fourth-order valence-corrected chi connectivity index (χ4v) is 6.65. The standard InChI is InChI=1S/C54H46O28/c1-23(55)67-35-13-40(70-26(4)58)51(41(14-35)71-27(5)59)79-38-19-44(74-30(8)62)53(45(20-38)75-31(9)63)81-48-17-37(69-25(3)57)18-49(50(48)78-34(12)66)82-54-46(76-32(10)64)21-39(22-47(54)77-33(11)65)80-52-42(72-28(6)60)15-36(68-24(2)56)16-43(52)73-29(7)61/h13-22H,1-12H3. The van der Waals surface area contributed by atoms with E-state index >= 15 is 0 Å². The summed E-state index contributed by atoms with van der Waals surface area (Å²) in [6.07, 6.45) is 0. The lowest BCUT2D eigenvalue weighted by Gasteiger charge is -2.22. The number of benzene rings is 5. The van der Waals surface area contributed by atoms with Gasteiger partial charge in [0.25, 0.3) is 0 Å². The molecule has 0 unspecified atom stereocenters. The Morgan fingerprint density at radius 3 is 0.524 bits per heavy atom. The van der Waals surface area contributed by atoms with Crippen molar-refractivity contribution in [3.63, 3.8) is 0 Å². The Morgan fingerprint density at radius 2 is 0.341 bits per heavy atom. The van der Waals surface area contributed by atoms with Gasteiger partial charge in [-0.05, 0) is 0 Å². The molecular formula is C54H46O28. The van der Waals surface area contributed by atoms with E-state index in [1.54, 1.807) is 0 Å². The van der Waals surface area contributed by atoms with Gasteiger partial charge in [-0.25, -0.2) is 0 Å². The van der Waals surface area contributed by atoms with E-state index in [0.29, 0.717) is 0 Å². The van der Waals surface area contributed by atoms with Crippen molar-refractivity contribution in [3.05, 3.63) is 60.7 Å². The number of carbonyl (C=O) groups is 12. The van der Waals surface area contributed by atoms with Gasteiger partial charge in [-0.15, -0.1) is 0 Å². The second-order valence-corrected chi connectivity index (χ2v) is 16.3. The topological polar surface area (TPSA) is 353 Å². The predicted molar refractivity (Wildman–Crippen MR) is 268 cm³/mol. The third-order valence-corrected chi connectivity index (χ3v) is 8.90. The number of hydrogen-bond donors (Lipinski definition) is 0. The Hall–Kier alpha value is -11.1. The van der Waals surface area contributed by atoms with Crippen molar-refractivity contribution in [1.29, 1.82) is 0 Å². The second-order valence-electron chi connectivity index (χ2n) is 16.3. The number of ether oxygens (including phenoxy) is 16. The predicted octanol–water partition coefficient (Wildman–Crippen LogP) is 7.96. The summed E-state index contributed by atoms with van der Waals surface area (Å²) in [5.74, 6) is -22.7. The summed E-state index contributed by atoms with van der Waals surface area (Å²) >= 11 is 0. The van der Waals surface area contributed by atoms with E-state index in [1.807, 2.05) is 0 Å². The van der Waals surface area contributed by atoms with Crippen LogP contribution in [0, 0.1) is 0 Å². The molecule has 0 bridgehead atoms. The SMILES string of the molecule is CC(=O)Oc1cc(Oc2c(OC(C)=O)cc(Oc3c(OC(C)=O)cc(OC(C)=O)cc3OC(C)=O)cc2OC(C)=O)c(OC(C)=O)c(Oc2c(OC(C)=O)cc(Oc3c(OC(C)=O)cc(OC(C)=O)cc3OC(C)=O)cc2OC(C)=O)c1. The van der Waals surface area contributed by atoms with Crippen molar-refractivity contribution in [2.75, 3.05) is 0 Å². The zero-order chi connectivity index (χ0) is 60.9. The van der Waals surface area contributed by atoms with Crippen molar-refractivity contribution < 1.29 is 133 Å². The Bertz CT molecular complexity index is 3120. The normalized spacial score (nSPS) is 10.3. The molecule has 0 atom stereocenters. The second kappa shape index (κ2) is 27.0.